The largest absolute Gasteiger partial charge is 0.398 e. The molecule has 5 nitrogen and oxygen atoms in total. The number of nitrogens with one attached hydrogen (secondary N) is 1. The minimum absolute atomic E-state index is 0.00175. The Hall–Kier alpha value is -0.820. The van der Waals surface area contributed by atoms with Crippen molar-refractivity contribution >= 4 is 27.3 Å². The summed E-state index contributed by atoms with van der Waals surface area (Å²) in [4.78, 5) is 2.35. The lowest BCUT2D eigenvalue weighted by Gasteiger charge is -2.21. The van der Waals surface area contributed by atoms with Gasteiger partial charge in [-0.1, -0.05) is 17.7 Å². The van der Waals surface area contributed by atoms with Crippen molar-refractivity contribution in [2.24, 2.45) is 0 Å². The molecule has 0 spiro atoms. The van der Waals surface area contributed by atoms with Gasteiger partial charge in [0.2, 0.25) is 10.0 Å². The first-order valence-corrected chi connectivity index (χ1v) is 8.65. The summed E-state index contributed by atoms with van der Waals surface area (Å²) in [6, 6.07) is 5.01. The van der Waals surface area contributed by atoms with Gasteiger partial charge in [0.05, 0.1) is 10.7 Å². The van der Waals surface area contributed by atoms with E-state index in [2.05, 4.69) is 9.62 Å². The van der Waals surface area contributed by atoms with E-state index in [1.807, 2.05) is 0 Å². The van der Waals surface area contributed by atoms with Gasteiger partial charge in [-0.2, -0.15) is 0 Å². The van der Waals surface area contributed by atoms with Crippen LogP contribution in [0.2, 0.25) is 5.02 Å². The van der Waals surface area contributed by atoms with Crippen LogP contribution in [0.5, 0.6) is 0 Å². The number of rotatable bonds is 3. The molecule has 0 aromatic heterocycles. The zero-order valence-electron chi connectivity index (χ0n) is 11.0. The summed E-state index contributed by atoms with van der Waals surface area (Å²) in [6.07, 6.45) is 3.02. The molecule has 2 heterocycles. The number of nitrogen functional groups attached to an aromatic ring is 1. The van der Waals surface area contributed by atoms with Crippen molar-refractivity contribution in [2.45, 2.75) is 36.2 Å². The van der Waals surface area contributed by atoms with Crippen LogP contribution in [0.1, 0.15) is 19.3 Å². The standard InChI is InChI=1S/C13H18ClN3O2S/c14-9-3-1-4-10(15)13(9)20(18,19)16-11-6-8-17-7-2-5-12(11)17/h1,3-4,11-12,16H,2,5-8,15H2. The van der Waals surface area contributed by atoms with Gasteiger partial charge >= 0.3 is 0 Å². The van der Waals surface area contributed by atoms with Gasteiger partial charge in [-0.25, -0.2) is 13.1 Å². The molecule has 2 atom stereocenters. The Morgan fingerprint density at radius 1 is 1.30 bits per heavy atom. The van der Waals surface area contributed by atoms with E-state index in [1.54, 1.807) is 18.2 Å². The predicted molar refractivity (Wildman–Crippen MR) is 79.2 cm³/mol. The molecule has 1 aromatic carbocycles. The first-order chi connectivity index (χ1) is 9.49. The van der Waals surface area contributed by atoms with Crippen molar-refractivity contribution in [2.75, 3.05) is 18.8 Å². The van der Waals surface area contributed by atoms with Gasteiger partial charge in [0, 0.05) is 18.6 Å². The molecule has 3 N–H and O–H groups in total. The van der Waals surface area contributed by atoms with Crippen molar-refractivity contribution in [1.29, 1.82) is 0 Å². The zero-order chi connectivity index (χ0) is 14.3. The van der Waals surface area contributed by atoms with Crippen LogP contribution in [0.3, 0.4) is 0 Å². The fourth-order valence-electron chi connectivity index (χ4n) is 3.29. The minimum Gasteiger partial charge on any atom is -0.398 e. The number of sulfonamides is 1. The van der Waals surface area contributed by atoms with Gasteiger partial charge in [0.15, 0.2) is 0 Å². The number of nitrogens with zero attached hydrogens (tertiary/aromatic N) is 1. The second-order valence-corrected chi connectivity index (χ2v) is 7.48. The SMILES string of the molecule is Nc1cccc(Cl)c1S(=O)(=O)NC1CCN2CCCC12. The third-order valence-corrected chi connectivity index (χ3v) is 6.21. The highest BCUT2D eigenvalue weighted by Crippen LogP contribution is 2.31. The Balaban J connectivity index is 1.86. The zero-order valence-corrected chi connectivity index (χ0v) is 12.6. The maximum absolute atomic E-state index is 12.5. The lowest BCUT2D eigenvalue weighted by atomic mass is 10.1. The third-order valence-electron chi connectivity index (χ3n) is 4.18. The monoisotopic (exact) mass is 315 g/mol. The Labute approximate surface area is 124 Å². The van der Waals surface area contributed by atoms with Crippen molar-refractivity contribution in [3.63, 3.8) is 0 Å². The van der Waals surface area contributed by atoms with Crippen molar-refractivity contribution in [3.05, 3.63) is 23.2 Å². The lowest BCUT2D eigenvalue weighted by molar-refractivity contribution is 0.309. The number of nitrogens with two attached hydrogens (primary N) is 1. The highest BCUT2D eigenvalue weighted by atomic mass is 35.5. The summed E-state index contributed by atoms with van der Waals surface area (Å²) in [5.41, 5.74) is 5.96. The Kier molecular flexibility index (Phi) is 3.66. The maximum atomic E-state index is 12.5. The number of fused-ring (bicyclic) bond motifs is 1. The summed E-state index contributed by atoms with van der Waals surface area (Å²) >= 11 is 6.00. The fourth-order valence-corrected chi connectivity index (χ4v) is 5.27. The highest BCUT2D eigenvalue weighted by molar-refractivity contribution is 7.89. The predicted octanol–water partition coefficient (Wildman–Crippen LogP) is 1.44. The molecule has 0 radical (unpaired) electrons. The first-order valence-electron chi connectivity index (χ1n) is 6.79. The normalized spacial score (nSPS) is 26.9. The molecule has 20 heavy (non-hydrogen) atoms. The molecule has 7 heteroatoms. The van der Waals surface area contributed by atoms with Gasteiger partial charge in [0.1, 0.15) is 4.90 Å². The summed E-state index contributed by atoms with van der Waals surface area (Å²) < 4.78 is 27.8. The van der Waals surface area contributed by atoms with E-state index in [0.717, 1.165) is 32.4 Å². The van der Waals surface area contributed by atoms with E-state index in [1.165, 1.54) is 0 Å². The number of anilines is 1. The molecule has 3 rings (SSSR count). The molecule has 0 amide bonds. The fraction of sp³-hybridized carbons (Fsp3) is 0.538. The summed E-state index contributed by atoms with van der Waals surface area (Å²) in [5, 5.41) is 0.166. The van der Waals surface area contributed by atoms with Gasteiger partial charge < -0.3 is 5.73 Å². The third kappa shape index (κ3) is 2.41. The second kappa shape index (κ2) is 5.18. The molecular weight excluding hydrogens is 298 g/mol. The number of hydrogen-bond donors (Lipinski definition) is 2. The van der Waals surface area contributed by atoms with E-state index in [4.69, 9.17) is 17.3 Å². The summed E-state index contributed by atoms with van der Waals surface area (Å²) in [6.45, 7) is 2.02. The van der Waals surface area contributed by atoms with Crippen LogP contribution in [-0.2, 0) is 10.0 Å². The Bertz CT molecular complexity index is 600. The van der Waals surface area contributed by atoms with Crippen molar-refractivity contribution in [3.8, 4) is 0 Å². The van der Waals surface area contributed by atoms with E-state index in [9.17, 15) is 8.42 Å². The second-order valence-electron chi connectivity index (χ2n) is 5.42. The molecule has 0 aliphatic carbocycles. The molecule has 2 saturated heterocycles. The minimum atomic E-state index is -3.68. The average Bonchev–Trinajstić information content (AvgIpc) is 2.93. The average molecular weight is 316 g/mol. The first kappa shape index (κ1) is 14.1. The van der Waals surface area contributed by atoms with Crippen LogP contribution in [0, 0.1) is 0 Å². The van der Waals surface area contributed by atoms with E-state index in [0.29, 0.717) is 6.04 Å². The number of benzene rings is 1. The van der Waals surface area contributed by atoms with Gasteiger partial charge in [-0.3, -0.25) is 4.90 Å². The number of hydrogen-bond acceptors (Lipinski definition) is 4. The van der Waals surface area contributed by atoms with Crippen molar-refractivity contribution < 1.29 is 8.42 Å². The molecule has 0 saturated carbocycles. The summed E-state index contributed by atoms with van der Waals surface area (Å²) in [7, 11) is -3.68. The smallest absolute Gasteiger partial charge is 0.244 e. The van der Waals surface area contributed by atoms with Crippen LogP contribution < -0.4 is 10.5 Å². The van der Waals surface area contributed by atoms with Crippen molar-refractivity contribution in [1.82, 2.24) is 9.62 Å². The van der Waals surface area contributed by atoms with Crippen LogP contribution in [-0.4, -0.2) is 38.5 Å². The van der Waals surface area contributed by atoms with E-state index in [-0.39, 0.29) is 21.6 Å². The number of halogens is 1. The Morgan fingerprint density at radius 2 is 2.10 bits per heavy atom. The molecule has 2 aliphatic heterocycles. The molecule has 2 fully saturated rings. The van der Waals surface area contributed by atoms with Crippen LogP contribution in [0.15, 0.2) is 23.1 Å². The highest BCUT2D eigenvalue weighted by Gasteiger charge is 2.39. The quantitative estimate of drug-likeness (QED) is 0.828. The molecule has 2 aliphatic rings. The molecule has 0 bridgehead atoms. The molecule has 110 valence electrons. The van der Waals surface area contributed by atoms with E-state index >= 15 is 0 Å². The Morgan fingerprint density at radius 3 is 2.85 bits per heavy atom. The summed E-state index contributed by atoms with van der Waals surface area (Å²) in [5.74, 6) is 0. The van der Waals surface area contributed by atoms with E-state index < -0.39 is 10.0 Å². The van der Waals surface area contributed by atoms with Gasteiger partial charge in [0.25, 0.3) is 0 Å². The van der Waals surface area contributed by atoms with Crippen LogP contribution >= 0.6 is 11.6 Å². The van der Waals surface area contributed by atoms with Gasteiger partial charge in [-0.15, -0.1) is 0 Å². The van der Waals surface area contributed by atoms with Gasteiger partial charge in [-0.05, 0) is 37.9 Å². The maximum Gasteiger partial charge on any atom is 0.244 e. The molecular formula is C13H18ClN3O2S. The van der Waals surface area contributed by atoms with Crippen LogP contribution in [0.4, 0.5) is 5.69 Å². The van der Waals surface area contributed by atoms with Crippen LogP contribution in [0.25, 0.3) is 0 Å². The molecule has 1 aromatic rings. The lowest BCUT2D eigenvalue weighted by Crippen LogP contribution is -2.42. The molecule has 2 unspecified atom stereocenters. The topological polar surface area (TPSA) is 75.4 Å².